The zero-order valence-corrected chi connectivity index (χ0v) is 10.0. The van der Waals surface area contributed by atoms with Crippen molar-refractivity contribution in [3.05, 3.63) is 46.1 Å². The van der Waals surface area contributed by atoms with Crippen molar-refractivity contribution in [2.45, 2.75) is 13.8 Å². The Morgan fingerprint density at radius 3 is 2.47 bits per heavy atom. The van der Waals surface area contributed by atoms with E-state index in [2.05, 4.69) is 10.2 Å². The quantitative estimate of drug-likeness (QED) is 0.776. The van der Waals surface area contributed by atoms with E-state index in [1.54, 1.807) is 13.8 Å². The van der Waals surface area contributed by atoms with E-state index in [0.717, 1.165) is 18.2 Å². The third-order valence-electron chi connectivity index (χ3n) is 2.65. The molecule has 0 aliphatic rings. The van der Waals surface area contributed by atoms with Gasteiger partial charge in [0.15, 0.2) is 5.15 Å². The molecule has 0 N–H and O–H groups in total. The summed E-state index contributed by atoms with van der Waals surface area (Å²) in [6.07, 6.45) is 0. The summed E-state index contributed by atoms with van der Waals surface area (Å²) in [5.41, 5.74) is 1.80. The standard InChI is InChI=1S/C12H9ClF2N2/c1-6-7(2)12(13)17-16-11(6)9-5-8(14)3-4-10(9)15/h3-5H,1-2H3. The third-order valence-corrected chi connectivity index (χ3v) is 3.01. The van der Waals surface area contributed by atoms with E-state index >= 15 is 0 Å². The maximum Gasteiger partial charge on any atom is 0.154 e. The van der Waals surface area contributed by atoms with E-state index in [0.29, 0.717) is 16.8 Å². The molecule has 2 rings (SSSR count). The molecular weight excluding hydrogens is 246 g/mol. The van der Waals surface area contributed by atoms with Gasteiger partial charge in [-0.2, -0.15) is 0 Å². The number of rotatable bonds is 1. The van der Waals surface area contributed by atoms with Gasteiger partial charge in [-0.1, -0.05) is 11.6 Å². The van der Waals surface area contributed by atoms with E-state index < -0.39 is 11.6 Å². The molecule has 2 nitrogen and oxygen atoms in total. The molecule has 17 heavy (non-hydrogen) atoms. The summed E-state index contributed by atoms with van der Waals surface area (Å²) in [5.74, 6) is -1.05. The van der Waals surface area contributed by atoms with Gasteiger partial charge in [-0.15, -0.1) is 10.2 Å². The van der Waals surface area contributed by atoms with Crippen LogP contribution in [0.15, 0.2) is 18.2 Å². The first-order chi connectivity index (χ1) is 8.00. The van der Waals surface area contributed by atoms with E-state index in [9.17, 15) is 8.78 Å². The lowest BCUT2D eigenvalue weighted by Gasteiger charge is -2.08. The normalized spacial score (nSPS) is 10.6. The summed E-state index contributed by atoms with van der Waals surface area (Å²) < 4.78 is 26.7. The van der Waals surface area contributed by atoms with Gasteiger partial charge in [-0.3, -0.25) is 0 Å². The van der Waals surface area contributed by atoms with Gasteiger partial charge in [0.1, 0.15) is 11.6 Å². The minimum absolute atomic E-state index is 0.0924. The molecule has 0 unspecified atom stereocenters. The smallest absolute Gasteiger partial charge is 0.154 e. The first-order valence-electron chi connectivity index (χ1n) is 4.95. The molecule has 5 heteroatoms. The number of hydrogen-bond donors (Lipinski definition) is 0. The number of benzene rings is 1. The van der Waals surface area contributed by atoms with Crippen molar-refractivity contribution in [3.8, 4) is 11.3 Å². The molecule has 0 bridgehead atoms. The van der Waals surface area contributed by atoms with Crippen LogP contribution in [0, 0.1) is 25.5 Å². The Kier molecular flexibility index (Phi) is 3.07. The minimum atomic E-state index is -0.537. The van der Waals surface area contributed by atoms with Crippen LogP contribution in [0.4, 0.5) is 8.78 Å². The van der Waals surface area contributed by atoms with Crippen molar-refractivity contribution in [1.82, 2.24) is 10.2 Å². The molecule has 2 aromatic rings. The van der Waals surface area contributed by atoms with Crippen LogP contribution < -0.4 is 0 Å². The third kappa shape index (κ3) is 2.13. The number of nitrogens with zero attached hydrogens (tertiary/aromatic N) is 2. The fourth-order valence-electron chi connectivity index (χ4n) is 1.51. The molecule has 1 heterocycles. The fraction of sp³-hybridized carbons (Fsp3) is 0.167. The predicted molar refractivity (Wildman–Crippen MR) is 61.9 cm³/mol. The summed E-state index contributed by atoms with van der Waals surface area (Å²) in [6.45, 7) is 3.50. The predicted octanol–water partition coefficient (Wildman–Crippen LogP) is 3.69. The Bertz CT molecular complexity index is 585. The molecule has 1 aromatic carbocycles. The summed E-state index contributed by atoms with van der Waals surface area (Å²) in [4.78, 5) is 0. The highest BCUT2D eigenvalue weighted by Gasteiger charge is 2.14. The molecular formula is C12H9ClF2N2. The van der Waals surface area contributed by atoms with Gasteiger partial charge in [-0.25, -0.2) is 8.78 Å². The lowest BCUT2D eigenvalue weighted by Crippen LogP contribution is -1.98. The van der Waals surface area contributed by atoms with Crippen LogP contribution in [0.1, 0.15) is 11.1 Å². The number of halogens is 3. The second-order valence-corrected chi connectivity index (χ2v) is 4.07. The average molecular weight is 255 g/mol. The van der Waals surface area contributed by atoms with Gasteiger partial charge in [0.25, 0.3) is 0 Å². The van der Waals surface area contributed by atoms with Crippen LogP contribution in [0.3, 0.4) is 0 Å². The van der Waals surface area contributed by atoms with E-state index in [1.165, 1.54) is 0 Å². The van der Waals surface area contributed by atoms with Gasteiger partial charge in [0.05, 0.1) is 5.69 Å². The molecule has 0 spiro atoms. The largest absolute Gasteiger partial charge is 0.207 e. The molecule has 0 radical (unpaired) electrons. The first-order valence-corrected chi connectivity index (χ1v) is 5.33. The zero-order chi connectivity index (χ0) is 12.6. The zero-order valence-electron chi connectivity index (χ0n) is 9.26. The summed E-state index contributed by atoms with van der Waals surface area (Å²) in [7, 11) is 0. The number of aromatic nitrogens is 2. The highest BCUT2D eigenvalue weighted by Crippen LogP contribution is 2.28. The average Bonchev–Trinajstić information content (AvgIpc) is 2.30. The molecule has 0 fully saturated rings. The van der Waals surface area contributed by atoms with Gasteiger partial charge in [-0.05, 0) is 43.2 Å². The van der Waals surface area contributed by atoms with Gasteiger partial charge >= 0.3 is 0 Å². The lowest BCUT2D eigenvalue weighted by atomic mass is 10.0. The first kappa shape index (κ1) is 11.9. The Balaban J connectivity index is 2.69. The number of hydrogen-bond acceptors (Lipinski definition) is 2. The summed E-state index contributed by atoms with van der Waals surface area (Å²) >= 11 is 5.80. The Hall–Kier alpha value is -1.55. The van der Waals surface area contributed by atoms with Crippen molar-refractivity contribution >= 4 is 11.6 Å². The van der Waals surface area contributed by atoms with E-state index in [1.807, 2.05) is 0 Å². The Morgan fingerprint density at radius 1 is 1.06 bits per heavy atom. The minimum Gasteiger partial charge on any atom is -0.207 e. The second-order valence-electron chi connectivity index (χ2n) is 3.71. The maximum absolute atomic E-state index is 13.6. The van der Waals surface area contributed by atoms with Crippen LogP contribution in [0.2, 0.25) is 5.15 Å². The van der Waals surface area contributed by atoms with Crippen LogP contribution in [0.5, 0.6) is 0 Å². The Labute approximate surface area is 102 Å². The van der Waals surface area contributed by atoms with Gasteiger partial charge < -0.3 is 0 Å². The topological polar surface area (TPSA) is 25.8 Å². The van der Waals surface area contributed by atoms with Crippen molar-refractivity contribution in [2.75, 3.05) is 0 Å². The lowest BCUT2D eigenvalue weighted by molar-refractivity contribution is 0.602. The molecule has 0 aliphatic heterocycles. The van der Waals surface area contributed by atoms with Crippen LogP contribution in [-0.2, 0) is 0 Å². The SMILES string of the molecule is Cc1c(Cl)nnc(-c2cc(F)ccc2F)c1C. The molecule has 0 aliphatic carbocycles. The second kappa shape index (κ2) is 4.37. The van der Waals surface area contributed by atoms with Crippen LogP contribution >= 0.6 is 11.6 Å². The van der Waals surface area contributed by atoms with Crippen molar-refractivity contribution < 1.29 is 8.78 Å². The van der Waals surface area contributed by atoms with Crippen molar-refractivity contribution in [2.24, 2.45) is 0 Å². The molecule has 0 saturated heterocycles. The molecule has 0 saturated carbocycles. The van der Waals surface area contributed by atoms with Crippen LogP contribution in [-0.4, -0.2) is 10.2 Å². The molecule has 1 aromatic heterocycles. The fourth-order valence-corrected chi connectivity index (χ4v) is 1.69. The van der Waals surface area contributed by atoms with E-state index in [4.69, 9.17) is 11.6 Å². The monoisotopic (exact) mass is 254 g/mol. The summed E-state index contributed by atoms with van der Waals surface area (Å²) in [6, 6.07) is 3.22. The summed E-state index contributed by atoms with van der Waals surface area (Å²) in [5, 5.41) is 7.80. The van der Waals surface area contributed by atoms with Crippen molar-refractivity contribution in [3.63, 3.8) is 0 Å². The maximum atomic E-state index is 13.6. The molecule has 0 amide bonds. The Morgan fingerprint density at radius 2 is 1.76 bits per heavy atom. The molecule has 88 valence electrons. The van der Waals surface area contributed by atoms with Gasteiger partial charge in [0, 0.05) is 5.56 Å². The highest BCUT2D eigenvalue weighted by molar-refractivity contribution is 6.30. The molecule has 0 atom stereocenters. The van der Waals surface area contributed by atoms with E-state index in [-0.39, 0.29) is 10.7 Å². The van der Waals surface area contributed by atoms with Gasteiger partial charge in [0.2, 0.25) is 0 Å². The van der Waals surface area contributed by atoms with Crippen molar-refractivity contribution in [1.29, 1.82) is 0 Å². The highest BCUT2D eigenvalue weighted by atomic mass is 35.5. The van der Waals surface area contributed by atoms with Crippen LogP contribution in [0.25, 0.3) is 11.3 Å².